The molecule has 3 N–H and O–H groups in total. The standard InChI is InChI=1S/C15H14FN3O/c1-9-6-7-12-14(13(9)16)20-15(19-12)18-11-5-3-2-4-10(11)8-17/h2-7H,8,17H2,1H3,(H,18,19). The lowest BCUT2D eigenvalue weighted by Gasteiger charge is -2.06. The number of benzene rings is 2. The van der Waals surface area contributed by atoms with Crippen LogP contribution in [0.5, 0.6) is 0 Å². The SMILES string of the molecule is Cc1ccc2nc(Nc3ccccc3CN)oc2c1F. The fourth-order valence-electron chi connectivity index (χ4n) is 2.05. The van der Waals surface area contributed by atoms with Crippen LogP contribution < -0.4 is 11.1 Å². The second-order valence-corrected chi connectivity index (χ2v) is 4.55. The number of hydrogen-bond acceptors (Lipinski definition) is 4. The Bertz CT molecular complexity index is 767. The van der Waals surface area contributed by atoms with E-state index in [9.17, 15) is 4.39 Å². The van der Waals surface area contributed by atoms with Gasteiger partial charge in [-0.2, -0.15) is 4.98 Å². The molecule has 0 bridgehead atoms. The predicted octanol–water partition coefficient (Wildman–Crippen LogP) is 3.48. The summed E-state index contributed by atoms with van der Waals surface area (Å²) in [5.74, 6) is -0.379. The molecule has 5 heteroatoms. The number of oxazole rings is 1. The molecule has 2 aromatic carbocycles. The van der Waals surface area contributed by atoms with Gasteiger partial charge in [0, 0.05) is 12.2 Å². The molecule has 0 spiro atoms. The Kier molecular flexibility index (Phi) is 3.12. The molecule has 0 unspecified atom stereocenters. The van der Waals surface area contributed by atoms with Gasteiger partial charge in [0.2, 0.25) is 0 Å². The van der Waals surface area contributed by atoms with E-state index in [0.29, 0.717) is 17.6 Å². The highest BCUT2D eigenvalue weighted by molar-refractivity contribution is 5.77. The van der Waals surface area contributed by atoms with Crippen LogP contribution in [-0.2, 0) is 6.54 Å². The Hall–Kier alpha value is -2.40. The number of aryl methyl sites for hydroxylation is 1. The van der Waals surface area contributed by atoms with Gasteiger partial charge in [0.05, 0.1) is 0 Å². The molecule has 0 fully saturated rings. The van der Waals surface area contributed by atoms with E-state index < -0.39 is 0 Å². The second kappa shape index (κ2) is 4.94. The van der Waals surface area contributed by atoms with Crippen LogP contribution in [-0.4, -0.2) is 4.98 Å². The number of aromatic nitrogens is 1. The van der Waals surface area contributed by atoms with Gasteiger partial charge in [-0.25, -0.2) is 4.39 Å². The van der Waals surface area contributed by atoms with Crippen LogP contribution in [0.2, 0.25) is 0 Å². The van der Waals surface area contributed by atoms with E-state index in [4.69, 9.17) is 10.2 Å². The van der Waals surface area contributed by atoms with Gasteiger partial charge in [0.15, 0.2) is 11.4 Å². The number of hydrogen-bond donors (Lipinski definition) is 2. The maximum atomic E-state index is 13.9. The average Bonchev–Trinajstić information content (AvgIpc) is 2.87. The number of nitrogens with zero attached hydrogens (tertiary/aromatic N) is 1. The molecule has 1 heterocycles. The predicted molar refractivity (Wildman–Crippen MR) is 76.3 cm³/mol. The van der Waals surface area contributed by atoms with Crippen molar-refractivity contribution in [3.8, 4) is 0 Å². The number of fused-ring (bicyclic) bond motifs is 1. The fourth-order valence-corrected chi connectivity index (χ4v) is 2.05. The monoisotopic (exact) mass is 271 g/mol. The molecule has 3 aromatic rings. The Morgan fingerprint density at radius 3 is 2.85 bits per heavy atom. The number of anilines is 2. The van der Waals surface area contributed by atoms with Crippen LogP contribution in [0.4, 0.5) is 16.1 Å². The summed E-state index contributed by atoms with van der Waals surface area (Å²) in [4.78, 5) is 4.23. The number of para-hydroxylation sites is 1. The van der Waals surface area contributed by atoms with Crippen molar-refractivity contribution in [1.82, 2.24) is 4.98 Å². The Morgan fingerprint density at radius 1 is 1.25 bits per heavy atom. The molecule has 0 saturated carbocycles. The minimum absolute atomic E-state index is 0.165. The first-order valence-corrected chi connectivity index (χ1v) is 6.29. The topological polar surface area (TPSA) is 64.1 Å². The second-order valence-electron chi connectivity index (χ2n) is 4.55. The van der Waals surface area contributed by atoms with Crippen molar-refractivity contribution in [2.24, 2.45) is 5.73 Å². The molecule has 0 aliphatic heterocycles. The third-order valence-electron chi connectivity index (χ3n) is 3.17. The highest BCUT2D eigenvalue weighted by Gasteiger charge is 2.12. The Labute approximate surface area is 115 Å². The molecule has 102 valence electrons. The van der Waals surface area contributed by atoms with E-state index in [1.165, 1.54) is 0 Å². The van der Waals surface area contributed by atoms with Crippen molar-refractivity contribution in [2.75, 3.05) is 5.32 Å². The summed E-state index contributed by atoms with van der Waals surface area (Å²) in [6.07, 6.45) is 0. The van der Waals surface area contributed by atoms with E-state index in [1.54, 1.807) is 19.1 Å². The van der Waals surface area contributed by atoms with Crippen LogP contribution >= 0.6 is 0 Å². The average molecular weight is 271 g/mol. The summed E-state index contributed by atoms with van der Waals surface area (Å²) in [6.45, 7) is 2.09. The lowest BCUT2D eigenvalue weighted by molar-refractivity contribution is 0.561. The Balaban J connectivity index is 2.01. The van der Waals surface area contributed by atoms with Crippen molar-refractivity contribution in [3.63, 3.8) is 0 Å². The van der Waals surface area contributed by atoms with Gasteiger partial charge < -0.3 is 15.5 Å². The molecule has 0 saturated heterocycles. The molecule has 1 aromatic heterocycles. The first-order chi connectivity index (χ1) is 9.69. The summed E-state index contributed by atoms with van der Waals surface area (Å²) in [7, 11) is 0. The zero-order valence-electron chi connectivity index (χ0n) is 11.0. The van der Waals surface area contributed by atoms with E-state index in [-0.39, 0.29) is 17.4 Å². The van der Waals surface area contributed by atoms with Gasteiger partial charge in [-0.3, -0.25) is 0 Å². The van der Waals surface area contributed by atoms with Crippen molar-refractivity contribution in [3.05, 3.63) is 53.3 Å². The summed E-state index contributed by atoms with van der Waals surface area (Å²) in [5, 5.41) is 3.04. The van der Waals surface area contributed by atoms with E-state index in [0.717, 1.165) is 11.3 Å². The van der Waals surface area contributed by atoms with Crippen LogP contribution in [0.3, 0.4) is 0 Å². The van der Waals surface area contributed by atoms with Crippen molar-refractivity contribution < 1.29 is 8.81 Å². The number of rotatable bonds is 3. The van der Waals surface area contributed by atoms with Gasteiger partial charge >= 0.3 is 0 Å². The van der Waals surface area contributed by atoms with E-state index >= 15 is 0 Å². The maximum Gasteiger partial charge on any atom is 0.300 e. The third-order valence-corrected chi connectivity index (χ3v) is 3.17. The van der Waals surface area contributed by atoms with Crippen LogP contribution in [0.1, 0.15) is 11.1 Å². The van der Waals surface area contributed by atoms with Crippen molar-refractivity contribution in [2.45, 2.75) is 13.5 Å². The first-order valence-electron chi connectivity index (χ1n) is 6.29. The number of nitrogens with one attached hydrogen (secondary N) is 1. The summed E-state index contributed by atoms with van der Waals surface area (Å²) >= 11 is 0. The smallest absolute Gasteiger partial charge is 0.300 e. The minimum atomic E-state index is -0.379. The minimum Gasteiger partial charge on any atom is -0.420 e. The summed E-state index contributed by atoms with van der Waals surface area (Å²) in [6, 6.07) is 11.2. The molecule has 20 heavy (non-hydrogen) atoms. The lowest BCUT2D eigenvalue weighted by Crippen LogP contribution is -2.01. The highest BCUT2D eigenvalue weighted by Crippen LogP contribution is 2.26. The molecule has 0 aliphatic carbocycles. The number of nitrogens with two attached hydrogens (primary N) is 1. The van der Waals surface area contributed by atoms with Crippen molar-refractivity contribution in [1.29, 1.82) is 0 Å². The lowest BCUT2D eigenvalue weighted by atomic mass is 10.2. The zero-order chi connectivity index (χ0) is 14.1. The number of halogens is 1. The van der Waals surface area contributed by atoms with Crippen LogP contribution in [0.25, 0.3) is 11.1 Å². The van der Waals surface area contributed by atoms with Gasteiger partial charge in [0.1, 0.15) is 5.52 Å². The highest BCUT2D eigenvalue weighted by atomic mass is 19.1. The zero-order valence-corrected chi connectivity index (χ0v) is 11.0. The van der Waals surface area contributed by atoms with Gasteiger partial charge in [-0.05, 0) is 30.2 Å². The van der Waals surface area contributed by atoms with Gasteiger partial charge in [-0.15, -0.1) is 0 Å². The molecule has 0 radical (unpaired) electrons. The summed E-state index contributed by atoms with van der Waals surface area (Å²) in [5.41, 5.74) is 8.59. The summed E-state index contributed by atoms with van der Waals surface area (Å²) < 4.78 is 19.4. The normalized spacial score (nSPS) is 10.9. The Morgan fingerprint density at radius 2 is 2.05 bits per heavy atom. The maximum absolute atomic E-state index is 13.9. The molecule has 0 amide bonds. The largest absolute Gasteiger partial charge is 0.420 e. The van der Waals surface area contributed by atoms with Gasteiger partial charge in [-0.1, -0.05) is 24.3 Å². The quantitative estimate of drug-likeness (QED) is 0.765. The third kappa shape index (κ3) is 2.12. The molecular weight excluding hydrogens is 257 g/mol. The van der Waals surface area contributed by atoms with Crippen LogP contribution in [0.15, 0.2) is 40.8 Å². The molecule has 4 nitrogen and oxygen atoms in total. The molecular formula is C15H14FN3O. The molecule has 0 aliphatic rings. The van der Waals surface area contributed by atoms with Crippen molar-refractivity contribution >= 4 is 22.8 Å². The molecule has 3 rings (SSSR count). The van der Waals surface area contributed by atoms with E-state index in [1.807, 2.05) is 24.3 Å². The van der Waals surface area contributed by atoms with Gasteiger partial charge in [0.25, 0.3) is 6.01 Å². The first kappa shape index (κ1) is 12.6. The fraction of sp³-hybridized carbons (Fsp3) is 0.133. The van der Waals surface area contributed by atoms with E-state index in [2.05, 4.69) is 10.3 Å². The van der Waals surface area contributed by atoms with Crippen LogP contribution in [0, 0.1) is 12.7 Å². The molecule has 0 atom stereocenters.